The van der Waals surface area contributed by atoms with E-state index in [4.69, 9.17) is 0 Å². The number of nitrogens with zero attached hydrogens (tertiary/aromatic N) is 4. The maximum absolute atomic E-state index is 11.6. The number of anilines is 1. The molecule has 0 spiro atoms. The van der Waals surface area contributed by atoms with Crippen molar-refractivity contribution in [1.29, 1.82) is 0 Å². The van der Waals surface area contributed by atoms with Gasteiger partial charge in [-0.15, -0.1) is 0 Å². The van der Waals surface area contributed by atoms with Crippen molar-refractivity contribution in [2.75, 3.05) is 25.2 Å². The summed E-state index contributed by atoms with van der Waals surface area (Å²) < 4.78 is 1.57. The Bertz CT molecular complexity index is 627. The molecule has 21 heavy (non-hydrogen) atoms. The quantitative estimate of drug-likeness (QED) is 0.622. The fourth-order valence-electron chi connectivity index (χ4n) is 1.67. The van der Waals surface area contributed by atoms with E-state index < -0.39 is 0 Å². The van der Waals surface area contributed by atoms with E-state index in [1.54, 1.807) is 24.0 Å². The van der Waals surface area contributed by atoms with Crippen LogP contribution in [0.3, 0.4) is 0 Å². The molecule has 2 heterocycles. The molecule has 0 bridgehead atoms. The number of carbonyl (C=O) groups is 1. The molecule has 1 amide bonds. The highest BCUT2D eigenvalue weighted by molar-refractivity contribution is 7.98. The van der Waals surface area contributed by atoms with Crippen molar-refractivity contribution in [3.8, 4) is 5.82 Å². The van der Waals surface area contributed by atoms with Crippen LogP contribution in [0.25, 0.3) is 5.82 Å². The number of rotatable bonds is 6. The molecule has 0 saturated heterocycles. The average molecular weight is 306 g/mol. The van der Waals surface area contributed by atoms with Crippen molar-refractivity contribution < 1.29 is 4.79 Å². The fourth-order valence-corrected chi connectivity index (χ4v) is 2.04. The number of nitrogens with one attached hydrogen (secondary N) is 2. The van der Waals surface area contributed by atoms with Crippen LogP contribution in [0.1, 0.15) is 23.8 Å². The van der Waals surface area contributed by atoms with E-state index in [2.05, 4.69) is 32.6 Å². The van der Waals surface area contributed by atoms with Crippen LogP contribution in [0.15, 0.2) is 23.5 Å². The molecule has 112 valence electrons. The number of aromatic nitrogens is 4. The number of hydrogen-bond donors (Lipinski definition) is 2. The van der Waals surface area contributed by atoms with Gasteiger partial charge in [-0.25, -0.2) is 14.6 Å². The van der Waals surface area contributed by atoms with Crippen molar-refractivity contribution in [1.82, 2.24) is 25.1 Å². The van der Waals surface area contributed by atoms with Gasteiger partial charge in [0.25, 0.3) is 5.91 Å². The van der Waals surface area contributed by atoms with Crippen LogP contribution in [0.5, 0.6) is 0 Å². The third-order valence-electron chi connectivity index (χ3n) is 2.71. The van der Waals surface area contributed by atoms with E-state index in [-0.39, 0.29) is 5.91 Å². The first-order valence-electron chi connectivity index (χ1n) is 6.63. The highest BCUT2D eigenvalue weighted by Gasteiger charge is 2.10. The predicted octanol–water partition coefficient (Wildman–Crippen LogP) is 1.57. The second-order valence-corrected chi connectivity index (χ2v) is 5.02. The SMILES string of the molecule is CCCNc1cc(-n2ccc(C(=O)NC)n2)nc(SC)n1. The Balaban J connectivity index is 2.33. The Morgan fingerprint density at radius 2 is 2.24 bits per heavy atom. The molecule has 2 aromatic rings. The van der Waals surface area contributed by atoms with Gasteiger partial charge in [0.05, 0.1) is 0 Å². The zero-order chi connectivity index (χ0) is 15.2. The molecule has 0 aliphatic carbocycles. The standard InChI is InChI=1S/C13H18N6OS/c1-4-6-15-10-8-11(17-13(16-10)21-3)19-7-5-9(18-19)12(20)14-2/h5,7-8H,4,6H2,1-3H3,(H,14,20)(H,15,16,17). The lowest BCUT2D eigenvalue weighted by Gasteiger charge is -2.08. The summed E-state index contributed by atoms with van der Waals surface area (Å²) in [7, 11) is 1.57. The highest BCUT2D eigenvalue weighted by Crippen LogP contribution is 2.16. The van der Waals surface area contributed by atoms with E-state index in [0.29, 0.717) is 16.7 Å². The second kappa shape index (κ2) is 7.07. The molecule has 8 heteroatoms. The summed E-state index contributed by atoms with van der Waals surface area (Å²) in [6, 6.07) is 3.47. The summed E-state index contributed by atoms with van der Waals surface area (Å²) in [4.78, 5) is 20.4. The van der Waals surface area contributed by atoms with Gasteiger partial charge >= 0.3 is 0 Å². The zero-order valence-electron chi connectivity index (χ0n) is 12.3. The van der Waals surface area contributed by atoms with Crippen molar-refractivity contribution >= 4 is 23.5 Å². The van der Waals surface area contributed by atoms with Gasteiger partial charge in [-0.05, 0) is 18.7 Å². The van der Waals surface area contributed by atoms with Gasteiger partial charge in [0.2, 0.25) is 0 Å². The minimum absolute atomic E-state index is 0.225. The molecule has 0 aromatic carbocycles. The number of amides is 1. The van der Waals surface area contributed by atoms with E-state index in [9.17, 15) is 4.79 Å². The molecule has 0 aliphatic heterocycles. The summed E-state index contributed by atoms with van der Waals surface area (Å²) >= 11 is 1.46. The molecule has 2 aromatic heterocycles. The molecule has 0 unspecified atom stereocenters. The molecule has 0 fully saturated rings. The van der Waals surface area contributed by atoms with Crippen LogP contribution >= 0.6 is 11.8 Å². The Morgan fingerprint density at radius 3 is 2.90 bits per heavy atom. The van der Waals surface area contributed by atoms with Gasteiger partial charge in [0.15, 0.2) is 16.7 Å². The van der Waals surface area contributed by atoms with Gasteiger partial charge in [-0.2, -0.15) is 5.10 Å². The minimum atomic E-state index is -0.225. The molecular formula is C13H18N6OS. The monoisotopic (exact) mass is 306 g/mol. The molecule has 0 radical (unpaired) electrons. The fraction of sp³-hybridized carbons (Fsp3) is 0.385. The molecule has 2 N–H and O–H groups in total. The molecule has 0 atom stereocenters. The van der Waals surface area contributed by atoms with Crippen LogP contribution in [0.4, 0.5) is 5.82 Å². The van der Waals surface area contributed by atoms with Crippen molar-refractivity contribution in [2.45, 2.75) is 18.5 Å². The van der Waals surface area contributed by atoms with Gasteiger partial charge in [0.1, 0.15) is 5.82 Å². The predicted molar refractivity (Wildman–Crippen MR) is 83.1 cm³/mol. The molecule has 2 rings (SSSR count). The third-order valence-corrected chi connectivity index (χ3v) is 3.26. The van der Waals surface area contributed by atoms with Crippen molar-refractivity contribution in [2.24, 2.45) is 0 Å². The Hall–Kier alpha value is -2.09. The molecule has 0 saturated carbocycles. The zero-order valence-corrected chi connectivity index (χ0v) is 13.1. The van der Waals surface area contributed by atoms with E-state index in [1.165, 1.54) is 11.8 Å². The first-order chi connectivity index (χ1) is 10.2. The van der Waals surface area contributed by atoms with Crippen LogP contribution in [0.2, 0.25) is 0 Å². The summed E-state index contributed by atoms with van der Waals surface area (Å²) in [6.07, 6.45) is 4.64. The molecular weight excluding hydrogens is 288 g/mol. The Morgan fingerprint density at radius 1 is 1.43 bits per heavy atom. The van der Waals surface area contributed by atoms with Gasteiger partial charge < -0.3 is 10.6 Å². The highest BCUT2D eigenvalue weighted by atomic mass is 32.2. The molecule has 7 nitrogen and oxygen atoms in total. The maximum Gasteiger partial charge on any atom is 0.271 e. The number of carbonyl (C=O) groups excluding carboxylic acids is 1. The summed E-state index contributed by atoms with van der Waals surface area (Å²) in [5.41, 5.74) is 0.352. The minimum Gasteiger partial charge on any atom is -0.370 e. The van der Waals surface area contributed by atoms with E-state index >= 15 is 0 Å². The third kappa shape index (κ3) is 3.72. The first-order valence-corrected chi connectivity index (χ1v) is 7.85. The second-order valence-electron chi connectivity index (χ2n) is 4.25. The van der Waals surface area contributed by atoms with E-state index in [1.807, 2.05) is 12.3 Å². The van der Waals surface area contributed by atoms with Gasteiger partial charge in [-0.1, -0.05) is 18.7 Å². The summed E-state index contributed by atoms with van der Waals surface area (Å²) in [6.45, 7) is 2.93. The Kier molecular flexibility index (Phi) is 5.15. The first kappa shape index (κ1) is 15.3. The van der Waals surface area contributed by atoms with Crippen LogP contribution in [-0.2, 0) is 0 Å². The average Bonchev–Trinajstić information content (AvgIpc) is 3.01. The van der Waals surface area contributed by atoms with Crippen molar-refractivity contribution in [3.05, 3.63) is 24.0 Å². The van der Waals surface area contributed by atoms with E-state index in [0.717, 1.165) is 18.8 Å². The Labute approximate surface area is 127 Å². The topological polar surface area (TPSA) is 84.7 Å². The normalized spacial score (nSPS) is 10.4. The van der Waals surface area contributed by atoms with Crippen LogP contribution in [0, 0.1) is 0 Å². The number of hydrogen-bond acceptors (Lipinski definition) is 6. The lowest BCUT2D eigenvalue weighted by atomic mass is 10.4. The lowest BCUT2D eigenvalue weighted by Crippen LogP contribution is -2.18. The number of thioether (sulfide) groups is 1. The molecule has 0 aliphatic rings. The van der Waals surface area contributed by atoms with Gasteiger partial charge in [-0.3, -0.25) is 4.79 Å². The van der Waals surface area contributed by atoms with Gasteiger partial charge in [0, 0.05) is 25.9 Å². The maximum atomic E-state index is 11.6. The van der Waals surface area contributed by atoms with Crippen LogP contribution < -0.4 is 10.6 Å². The summed E-state index contributed by atoms with van der Waals surface area (Å²) in [5.74, 6) is 1.16. The summed E-state index contributed by atoms with van der Waals surface area (Å²) in [5, 5.41) is 10.7. The lowest BCUT2D eigenvalue weighted by molar-refractivity contribution is 0.0957. The van der Waals surface area contributed by atoms with Crippen LogP contribution in [-0.4, -0.2) is 45.5 Å². The largest absolute Gasteiger partial charge is 0.370 e. The smallest absolute Gasteiger partial charge is 0.271 e. The van der Waals surface area contributed by atoms with Crippen molar-refractivity contribution in [3.63, 3.8) is 0 Å².